The predicted octanol–water partition coefficient (Wildman–Crippen LogP) is 6.50. The van der Waals surface area contributed by atoms with Crippen molar-refractivity contribution in [1.29, 1.82) is 0 Å². The monoisotopic (exact) mass is 474 g/mol. The molecule has 4 rings (SSSR count). The second-order valence-electron chi connectivity index (χ2n) is 8.42. The van der Waals surface area contributed by atoms with E-state index in [0.29, 0.717) is 23.1 Å². The molecule has 172 valence electrons. The van der Waals surface area contributed by atoms with E-state index in [0.717, 1.165) is 48.2 Å². The molecule has 32 heavy (non-hydrogen) atoms. The maximum absolute atomic E-state index is 13.3. The number of methoxy groups -OCH3 is 1. The third-order valence-corrected chi connectivity index (χ3v) is 7.67. The molecule has 0 radical (unpaired) electrons. The van der Waals surface area contributed by atoms with Crippen molar-refractivity contribution in [2.24, 2.45) is 4.99 Å². The van der Waals surface area contributed by atoms with Crippen molar-refractivity contribution in [1.82, 2.24) is 5.32 Å². The summed E-state index contributed by atoms with van der Waals surface area (Å²) >= 11 is 8.07. The van der Waals surface area contributed by atoms with Crippen molar-refractivity contribution >= 4 is 40.1 Å². The van der Waals surface area contributed by atoms with Crippen LogP contribution in [0.5, 0.6) is 11.5 Å². The SMILES string of the molecule is CCOc1c(Cl)cc(C=Nc2sc3c(c2C(=O)NC2CCCCC2)CCCC3)cc1OC. The van der Waals surface area contributed by atoms with E-state index >= 15 is 0 Å². The minimum atomic E-state index is 0.0331. The fourth-order valence-corrected chi connectivity index (χ4v) is 6.12. The van der Waals surface area contributed by atoms with Gasteiger partial charge in [-0.2, -0.15) is 0 Å². The molecule has 5 nitrogen and oxygen atoms in total. The van der Waals surface area contributed by atoms with Crippen LogP contribution in [0.15, 0.2) is 17.1 Å². The number of halogens is 1. The molecule has 0 saturated heterocycles. The van der Waals surface area contributed by atoms with E-state index in [1.165, 1.54) is 36.1 Å². The maximum atomic E-state index is 13.3. The second-order valence-corrected chi connectivity index (χ2v) is 9.92. The van der Waals surface area contributed by atoms with E-state index in [1.54, 1.807) is 24.7 Å². The van der Waals surface area contributed by atoms with Crippen molar-refractivity contribution in [2.45, 2.75) is 70.8 Å². The van der Waals surface area contributed by atoms with Crippen molar-refractivity contribution in [3.05, 3.63) is 38.7 Å². The first-order valence-electron chi connectivity index (χ1n) is 11.6. The zero-order chi connectivity index (χ0) is 22.5. The first-order valence-corrected chi connectivity index (χ1v) is 12.8. The highest BCUT2D eigenvalue weighted by molar-refractivity contribution is 7.16. The van der Waals surface area contributed by atoms with Crippen LogP contribution in [0, 0.1) is 0 Å². The Morgan fingerprint density at radius 2 is 2.00 bits per heavy atom. The smallest absolute Gasteiger partial charge is 0.254 e. The molecular formula is C25H31ClN2O3S. The molecule has 1 saturated carbocycles. The van der Waals surface area contributed by atoms with Crippen LogP contribution >= 0.6 is 22.9 Å². The van der Waals surface area contributed by atoms with Crippen LogP contribution in [0.4, 0.5) is 5.00 Å². The number of nitrogens with one attached hydrogen (secondary N) is 1. The summed E-state index contributed by atoms with van der Waals surface area (Å²) < 4.78 is 11.1. The summed E-state index contributed by atoms with van der Waals surface area (Å²) in [6, 6.07) is 3.95. The van der Waals surface area contributed by atoms with E-state index in [-0.39, 0.29) is 11.9 Å². The Balaban J connectivity index is 1.63. The maximum Gasteiger partial charge on any atom is 0.254 e. The van der Waals surface area contributed by atoms with Gasteiger partial charge in [0.15, 0.2) is 11.5 Å². The molecule has 2 aliphatic carbocycles. The lowest BCUT2D eigenvalue weighted by Gasteiger charge is -2.23. The zero-order valence-corrected chi connectivity index (χ0v) is 20.4. The average molecular weight is 475 g/mol. The van der Waals surface area contributed by atoms with Gasteiger partial charge in [-0.15, -0.1) is 11.3 Å². The number of fused-ring (bicyclic) bond motifs is 1. The summed E-state index contributed by atoms with van der Waals surface area (Å²) in [5, 5.41) is 4.56. The van der Waals surface area contributed by atoms with Gasteiger partial charge in [-0.1, -0.05) is 30.9 Å². The molecule has 0 spiro atoms. The Morgan fingerprint density at radius 1 is 1.22 bits per heavy atom. The van der Waals surface area contributed by atoms with Gasteiger partial charge in [0, 0.05) is 17.1 Å². The topological polar surface area (TPSA) is 59.9 Å². The molecule has 0 aliphatic heterocycles. The fraction of sp³-hybridized carbons (Fsp3) is 0.520. The highest BCUT2D eigenvalue weighted by Gasteiger charge is 2.27. The number of carbonyl (C=O) groups is 1. The number of thiophene rings is 1. The summed E-state index contributed by atoms with van der Waals surface area (Å²) in [4.78, 5) is 19.4. The summed E-state index contributed by atoms with van der Waals surface area (Å²) in [5.41, 5.74) is 2.78. The van der Waals surface area contributed by atoms with Gasteiger partial charge >= 0.3 is 0 Å². The minimum absolute atomic E-state index is 0.0331. The fourth-order valence-electron chi connectivity index (χ4n) is 4.61. The van der Waals surface area contributed by atoms with Crippen LogP contribution in [0.1, 0.15) is 78.2 Å². The molecule has 1 aromatic carbocycles. The van der Waals surface area contributed by atoms with Crippen molar-refractivity contribution in [3.63, 3.8) is 0 Å². The predicted molar refractivity (Wildman–Crippen MR) is 132 cm³/mol. The van der Waals surface area contributed by atoms with E-state index in [4.69, 9.17) is 26.1 Å². The molecule has 1 fully saturated rings. The summed E-state index contributed by atoms with van der Waals surface area (Å²) in [7, 11) is 1.59. The Morgan fingerprint density at radius 3 is 2.75 bits per heavy atom. The van der Waals surface area contributed by atoms with Crippen LogP contribution in [0.2, 0.25) is 5.02 Å². The molecule has 2 aliphatic rings. The standard InChI is InChI=1S/C25H31ClN2O3S/c1-3-31-23-19(26)13-16(14-20(23)30-2)15-27-25-22(18-11-7-8-12-21(18)32-25)24(29)28-17-9-5-4-6-10-17/h13-15,17H,3-12H2,1-2H3,(H,28,29). The number of aryl methyl sites for hydroxylation is 1. The number of aliphatic imine (C=N–C) groups is 1. The van der Waals surface area contributed by atoms with Crippen molar-refractivity contribution in [3.8, 4) is 11.5 Å². The molecule has 2 aromatic rings. The van der Waals surface area contributed by atoms with Gasteiger partial charge in [0.05, 0.1) is 24.3 Å². The number of carbonyl (C=O) groups excluding carboxylic acids is 1. The molecule has 0 unspecified atom stereocenters. The van der Waals surface area contributed by atoms with E-state index in [1.807, 2.05) is 19.1 Å². The van der Waals surface area contributed by atoms with Gasteiger partial charge in [0.2, 0.25) is 0 Å². The number of hydrogen-bond donors (Lipinski definition) is 1. The van der Waals surface area contributed by atoms with Gasteiger partial charge < -0.3 is 14.8 Å². The highest BCUT2D eigenvalue weighted by Crippen LogP contribution is 2.41. The number of benzene rings is 1. The number of nitrogens with zero attached hydrogens (tertiary/aromatic N) is 1. The Kier molecular flexibility index (Phi) is 7.74. The van der Waals surface area contributed by atoms with Crippen LogP contribution < -0.4 is 14.8 Å². The molecule has 1 aromatic heterocycles. The number of ether oxygens (including phenoxy) is 2. The molecule has 1 heterocycles. The summed E-state index contributed by atoms with van der Waals surface area (Å²) in [5.74, 6) is 1.14. The van der Waals surface area contributed by atoms with Crippen LogP contribution in [0.25, 0.3) is 0 Å². The van der Waals surface area contributed by atoms with Gasteiger partial charge in [-0.3, -0.25) is 4.79 Å². The lowest BCUT2D eigenvalue weighted by molar-refractivity contribution is 0.0927. The van der Waals surface area contributed by atoms with Gasteiger partial charge in [0.1, 0.15) is 5.00 Å². The summed E-state index contributed by atoms with van der Waals surface area (Å²) in [6.07, 6.45) is 11.8. The third kappa shape index (κ3) is 5.12. The molecule has 0 atom stereocenters. The van der Waals surface area contributed by atoms with Crippen molar-refractivity contribution in [2.75, 3.05) is 13.7 Å². The molecule has 7 heteroatoms. The number of amides is 1. The molecule has 1 N–H and O–H groups in total. The molecule has 0 bridgehead atoms. The largest absolute Gasteiger partial charge is 0.493 e. The van der Waals surface area contributed by atoms with Gasteiger partial charge in [-0.05, 0) is 68.7 Å². The Hall–Kier alpha value is -2.05. The van der Waals surface area contributed by atoms with E-state index in [2.05, 4.69) is 5.32 Å². The quantitative estimate of drug-likeness (QED) is 0.466. The second kappa shape index (κ2) is 10.7. The van der Waals surface area contributed by atoms with Gasteiger partial charge in [0.25, 0.3) is 5.91 Å². The Labute approximate surface area is 199 Å². The Bertz CT molecular complexity index is 996. The minimum Gasteiger partial charge on any atom is -0.493 e. The van der Waals surface area contributed by atoms with E-state index < -0.39 is 0 Å². The lowest BCUT2D eigenvalue weighted by Crippen LogP contribution is -2.36. The summed E-state index contributed by atoms with van der Waals surface area (Å²) in [6.45, 7) is 2.41. The van der Waals surface area contributed by atoms with E-state index in [9.17, 15) is 4.79 Å². The number of rotatable bonds is 7. The van der Waals surface area contributed by atoms with Crippen LogP contribution in [-0.2, 0) is 12.8 Å². The normalized spacial score (nSPS) is 16.7. The van der Waals surface area contributed by atoms with Gasteiger partial charge in [-0.25, -0.2) is 4.99 Å². The van der Waals surface area contributed by atoms with Crippen LogP contribution in [-0.4, -0.2) is 31.9 Å². The third-order valence-electron chi connectivity index (χ3n) is 6.19. The van der Waals surface area contributed by atoms with Crippen molar-refractivity contribution < 1.29 is 14.3 Å². The lowest BCUT2D eigenvalue weighted by atomic mass is 9.93. The zero-order valence-electron chi connectivity index (χ0n) is 18.8. The first kappa shape index (κ1) is 23.1. The molecular weight excluding hydrogens is 444 g/mol. The average Bonchev–Trinajstić information content (AvgIpc) is 3.18. The number of hydrogen-bond acceptors (Lipinski definition) is 5. The molecule has 1 amide bonds. The van der Waals surface area contributed by atoms with Crippen LogP contribution in [0.3, 0.4) is 0 Å². The first-order chi connectivity index (χ1) is 15.6. The highest BCUT2D eigenvalue weighted by atomic mass is 35.5.